The molecule has 0 aromatic heterocycles. The molecule has 144 valence electrons. The smallest absolute Gasteiger partial charge is 0.418 e. The number of halogens is 3. The lowest BCUT2D eigenvalue weighted by Crippen LogP contribution is -2.34. The molecule has 27 heavy (non-hydrogen) atoms. The summed E-state index contributed by atoms with van der Waals surface area (Å²) in [6, 6.07) is 11.4. The average molecular weight is 396 g/mol. The van der Waals surface area contributed by atoms with E-state index in [4.69, 9.17) is 17.0 Å². The molecule has 0 atom stereocenters. The van der Waals surface area contributed by atoms with Crippen LogP contribution in [0.3, 0.4) is 0 Å². The van der Waals surface area contributed by atoms with Gasteiger partial charge in [0.2, 0.25) is 0 Å². The van der Waals surface area contributed by atoms with Crippen LogP contribution in [0.5, 0.6) is 5.75 Å². The predicted molar refractivity (Wildman–Crippen MR) is 102 cm³/mol. The van der Waals surface area contributed by atoms with Crippen molar-refractivity contribution in [1.82, 2.24) is 5.32 Å². The van der Waals surface area contributed by atoms with Gasteiger partial charge in [0, 0.05) is 5.56 Å². The first-order chi connectivity index (χ1) is 12.8. The summed E-state index contributed by atoms with van der Waals surface area (Å²) in [6.45, 7) is 2.58. The molecule has 0 saturated heterocycles. The van der Waals surface area contributed by atoms with Crippen molar-refractivity contribution in [3.63, 3.8) is 0 Å². The summed E-state index contributed by atoms with van der Waals surface area (Å²) in [5.41, 5.74) is -0.808. The van der Waals surface area contributed by atoms with Gasteiger partial charge < -0.3 is 10.1 Å². The Morgan fingerprint density at radius 2 is 1.89 bits per heavy atom. The van der Waals surface area contributed by atoms with Gasteiger partial charge in [-0.1, -0.05) is 31.5 Å². The third kappa shape index (κ3) is 6.25. The van der Waals surface area contributed by atoms with Gasteiger partial charge in [0.05, 0.1) is 17.9 Å². The standard InChI is InChI=1S/C19H19F3N2O2S/c1-2-3-11-26-14-8-6-7-13(12-14)17(25)24-18(27)23-16-10-5-4-9-15(16)19(20,21)22/h4-10,12H,2-3,11H2,1H3,(H2,23,24,25,27). The van der Waals surface area contributed by atoms with E-state index in [0.717, 1.165) is 18.9 Å². The highest BCUT2D eigenvalue weighted by atomic mass is 32.1. The van der Waals surface area contributed by atoms with E-state index < -0.39 is 17.6 Å². The molecule has 0 spiro atoms. The number of anilines is 1. The van der Waals surface area contributed by atoms with E-state index in [2.05, 4.69) is 10.6 Å². The van der Waals surface area contributed by atoms with Crippen LogP contribution in [-0.4, -0.2) is 17.6 Å². The van der Waals surface area contributed by atoms with E-state index in [1.54, 1.807) is 24.3 Å². The molecular weight excluding hydrogens is 377 g/mol. The Labute approximate surface area is 160 Å². The van der Waals surface area contributed by atoms with Gasteiger partial charge in [-0.05, 0) is 49.0 Å². The Morgan fingerprint density at radius 3 is 2.59 bits per heavy atom. The van der Waals surface area contributed by atoms with Crippen molar-refractivity contribution in [2.45, 2.75) is 25.9 Å². The first kappa shape index (κ1) is 20.7. The van der Waals surface area contributed by atoms with Crippen LogP contribution in [0.15, 0.2) is 48.5 Å². The first-order valence-electron chi connectivity index (χ1n) is 8.32. The zero-order valence-electron chi connectivity index (χ0n) is 14.6. The van der Waals surface area contributed by atoms with Crippen LogP contribution in [-0.2, 0) is 6.18 Å². The van der Waals surface area contributed by atoms with E-state index >= 15 is 0 Å². The van der Waals surface area contributed by atoms with Crippen LogP contribution in [0.4, 0.5) is 18.9 Å². The van der Waals surface area contributed by atoms with Crippen LogP contribution in [0.1, 0.15) is 35.7 Å². The molecule has 0 aliphatic carbocycles. The summed E-state index contributed by atoms with van der Waals surface area (Å²) < 4.78 is 44.6. The van der Waals surface area contributed by atoms with Gasteiger partial charge >= 0.3 is 6.18 Å². The number of amides is 1. The Morgan fingerprint density at radius 1 is 1.15 bits per heavy atom. The molecule has 0 aliphatic heterocycles. The van der Waals surface area contributed by atoms with Gasteiger partial charge in [-0.15, -0.1) is 0 Å². The maximum absolute atomic E-state index is 13.0. The second-order valence-corrected chi connectivity index (χ2v) is 6.09. The van der Waals surface area contributed by atoms with E-state index in [1.807, 2.05) is 6.92 Å². The number of ether oxygens (including phenoxy) is 1. The second kappa shape index (κ2) is 9.36. The molecule has 0 aliphatic rings. The summed E-state index contributed by atoms with van der Waals surface area (Å²) in [7, 11) is 0. The fourth-order valence-corrected chi connectivity index (χ4v) is 2.43. The summed E-state index contributed by atoms with van der Waals surface area (Å²) in [5.74, 6) is -0.00433. The molecule has 2 aromatic rings. The van der Waals surface area contributed by atoms with Gasteiger partial charge in [0.1, 0.15) is 5.75 Å². The van der Waals surface area contributed by atoms with Crippen LogP contribution in [0.2, 0.25) is 0 Å². The molecule has 1 amide bonds. The normalized spacial score (nSPS) is 11.0. The number of nitrogens with one attached hydrogen (secondary N) is 2. The number of benzene rings is 2. The van der Waals surface area contributed by atoms with Crippen LogP contribution in [0, 0.1) is 0 Å². The fraction of sp³-hybridized carbons (Fsp3) is 0.263. The maximum Gasteiger partial charge on any atom is 0.418 e. The molecule has 0 bridgehead atoms. The van der Waals surface area contributed by atoms with Gasteiger partial charge in [0.25, 0.3) is 5.91 Å². The fourth-order valence-electron chi connectivity index (χ4n) is 2.23. The Hall–Kier alpha value is -2.61. The average Bonchev–Trinajstić information content (AvgIpc) is 2.61. The highest BCUT2D eigenvalue weighted by Gasteiger charge is 2.33. The third-order valence-electron chi connectivity index (χ3n) is 3.57. The predicted octanol–water partition coefficient (Wildman–Crippen LogP) is 5.01. The van der Waals surface area contributed by atoms with Gasteiger partial charge in [-0.3, -0.25) is 10.1 Å². The molecular formula is C19H19F3N2O2S. The van der Waals surface area contributed by atoms with Gasteiger partial charge in [-0.25, -0.2) is 0 Å². The van der Waals surface area contributed by atoms with Crippen molar-refractivity contribution < 1.29 is 22.7 Å². The molecule has 0 heterocycles. The number of carbonyl (C=O) groups excluding carboxylic acids is 1. The Balaban J connectivity index is 2.02. The monoisotopic (exact) mass is 396 g/mol. The number of hydrogen-bond acceptors (Lipinski definition) is 3. The number of unbranched alkanes of at least 4 members (excludes halogenated alkanes) is 1. The number of para-hydroxylation sites is 1. The molecule has 8 heteroatoms. The van der Waals surface area contributed by atoms with E-state index in [0.29, 0.717) is 12.4 Å². The number of rotatable bonds is 6. The van der Waals surface area contributed by atoms with Crippen LogP contribution < -0.4 is 15.4 Å². The van der Waals surface area contributed by atoms with Crippen molar-refractivity contribution in [2.24, 2.45) is 0 Å². The lowest BCUT2D eigenvalue weighted by Gasteiger charge is -2.15. The molecule has 2 aromatic carbocycles. The quantitative estimate of drug-likeness (QED) is 0.532. The van der Waals surface area contributed by atoms with Crippen molar-refractivity contribution in [1.29, 1.82) is 0 Å². The summed E-state index contributed by atoms with van der Waals surface area (Å²) in [6.07, 6.45) is -2.66. The highest BCUT2D eigenvalue weighted by Crippen LogP contribution is 2.34. The molecule has 2 N–H and O–H groups in total. The second-order valence-electron chi connectivity index (χ2n) is 5.68. The summed E-state index contributed by atoms with van der Waals surface area (Å²) >= 11 is 4.97. The van der Waals surface area contributed by atoms with Crippen molar-refractivity contribution in [3.8, 4) is 5.75 Å². The topological polar surface area (TPSA) is 50.4 Å². The van der Waals surface area contributed by atoms with Crippen LogP contribution in [0.25, 0.3) is 0 Å². The minimum Gasteiger partial charge on any atom is -0.494 e. The van der Waals surface area contributed by atoms with E-state index in [-0.39, 0.29) is 16.4 Å². The Bertz CT molecular complexity index is 810. The minimum atomic E-state index is -4.53. The first-order valence-corrected chi connectivity index (χ1v) is 8.73. The number of thiocarbonyl (C=S) groups is 1. The van der Waals surface area contributed by atoms with E-state index in [9.17, 15) is 18.0 Å². The SMILES string of the molecule is CCCCOc1cccc(C(=O)NC(=S)Nc2ccccc2C(F)(F)F)c1. The lowest BCUT2D eigenvalue weighted by molar-refractivity contribution is -0.136. The van der Waals surface area contributed by atoms with Crippen molar-refractivity contribution in [3.05, 3.63) is 59.7 Å². The maximum atomic E-state index is 13.0. The largest absolute Gasteiger partial charge is 0.494 e. The van der Waals surface area contributed by atoms with E-state index in [1.165, 1.54) is 18.2 Å². The van der Waals surface area contributed by atoms with Crippen molar-refractivity contribution >= 4 is 28.9 Å². The number of carbonyl (C=O) groups is 1. The third-order valence-corrected chi connectivity index (χ3v) is 3.77. The summed E-state index contributed by atoms with van der Waals surface area (Å²) in [4.78, 5) is 12.3. The summed E-state index contributed by atoms with van der Waals surface area (Å²) in [5, 5.41) is 4.57. The number of hydrogen-bond donors (Lipinski definition) is 2. The molecule has 0 fully saturated rings. The number of alkyl halides is 3. The molecule has 0 unspecified atom stereocenters. The van der Waals surface area contributed by atoms with Crippen LogP contribution >= 0.6 is 12.2 Å². The minimum absolute atomic E-state index is 0.228. The molecule has 4 nitrogen and oxygen atoms in total. The van der Waals surface area contributed by atoms with Crippen molar-refractivity contribution in [2.75, 3.05) is 11.9 Å². The van der Waals surface area contributed by atoms with Gasteiger partial charge in [-0.2, -0.15) is 13.2 Å². The highest BCUT2D eigenvalue weighted by molar-refractivity contribution is 7.80. The molecule has 0 radical (unpaired) electrons. The van der Waals surface area contributed by atoms with Gasteiger partial charge in [0.15, 0.2) is 5.11 Å². The lowest BCUT2D eigenvalue weighted by atomic mass is 10.1. The zero-order chi connectivity index (χ0) is 19.9. The zero-order valence-corrected chi connectivity index (χ0v) is 15.4. The Kier molecular flexibility index (Phi) is 7.18. The molecule has 2 rings (SSSR count). The molecule has 0 saturated carbocycles.